The Morgan fingerprint density at radius 2 is 2.17 bits per heavy atom. The molecule has 1 aromatic heterocycles. The van der Waals surface area contributed by atoms with Gasteiger partial charge in [-0.25, -0.2) is 0 Å². The van der Waals surface area contributed by atoms with Gasteiger partial charge in [-0.3, -0.25) is 0 Å². The first-order chi connectivity index (χ1) is 8.88. The molecule has 3 nitrogen and oxygen atoms in total. The number of rotatable bonds is 7. The summed E-state index contributed by atoms with van der Waals surface area (Å²) in [5.41, 5.74) is 2.36. The number of nitrogens with one attached hydrogen (secondary N) is 1. The highest BCUT2D eigenvalue weighted by molar-refractivity contribution is 7.07. The van der Waals surface area contributed by atoms with Crippen LogP contribution in [0.25, 0.3) is 0 Å². The summed E-state index contributed by atoms with van der Waals surface area (Å²) in [7, 11) is 1.67. The number of ether oxygens (including phenoxy) is 2. The van der Waals surface area contributed by atoms with E-state index >= 15 is 0 Å². The third-order valence-corrected chi connectivity index (χ3v) is 3.20. The fraction of sp³-hybridized carbons (Fsp3) is 0.286. The zero-order chi connectivity index (χ0) is 12.6. The lowest BCUT2D eigenvalue weighted by Crippen LogP contribution is -2.04. The van der Waals surface area contributed by atoms with Gasteiger partial charge >= 0.3 is 0 Å². The molecule has 0 saturated heterocycles. The summed E-state index contributed by atoms with van der Waals surface area (Å²) in [4.78, 5) is 0. The highest BCUT2D eigenvalue weighted by Crippen LogP contribution is 2.18. The minimum atomic E-state index is 0.574. The normalized spacial score (nSPS) is 10.3. The Labute approximate surface area is 111 Å². The van der Waals surface area contributed by atoms with Crippen LogP contribution in [0.15, 0.2) is 41.1 Å². The molecule has 0 amide bonds. The largest absolute Gasteiger partial charge is 0.491 e. The first kappa shape index (κ1) is 12.9. The molecule has 2 aromatic rings. The summed E-state index contributed by atoms with van der Waals surface area (Å²) in [6.45, 7) is 2.02. The Balaban J connectivity index is 1.86. The van der Waals surface area contributed by atoms with Crippen LogP contribution >= 0.6 is 11.3 Å². The van der Waals surface area contributed by atoms with E-state index in [0.717, 1.165) is 18.0 Å². The van der Waals surface area contributed by atoms with Gasteiger partial charge in [0.1, 0.15) is 12.4 Å². The van der Waals surface area contributed by atoms with Crippen LogP contribution < -0.4 is 10.1 Å². The fourth-order valence-corrected chi connectivity index (χ4v) is 2.20. The SMILES string of the molecule is COCCOc1cccc(NCc2ccsc2)c1. The number of methoxy groups -OCH3 is 1. The van der Waals surface area contributed by atoms with Crippen molar-refractivity contribution in [2.75, 3.05) is 25.6 Å². The van der Waals surface area contributed by atoms with Crippen LogP contribution in [0.5, 0.6) is 5.75 Å². The number of hydrogen-bond donors (Lipinski definition) is 1. The van der Waals surface area contributed by atoms with E-state index in [1.54, 1.807) is 18.4 Å². The van der Waals surface area contributed by atoms with Crippen molar-refractivity contribution in [3.8, 4) is 5.75 Å². The van der Waals surface area contributed by atoms with Crippen molar-refractivity contribution in [2.45, 2.75) is 6.54 Å². The van der Waals surface area contributed by atoms with Gasteiger partial charge in [0.2, 0.25) is 0 Å². The average molecular weight is 263 g/mol. The van der Waals surface area contributed by atoms with Crippen molar-refractivity contribution in [1.29, 1.82) is 0 Å². The molecule has 0 unspecified atom stereocenters. The molecule has 2 rings (SSSR count). The van der Waals surface area contributed by atoms with Gasteiger partial charge in [-0.2, -0.15) is 11.3 Å². The number of anilines is 1. The smallest absolute Gasteiger partial charge is 0.121 e. The minimum Gasteiger partial charge on any atom is -0.491 e. The summed E-state index contributed by atoms with van der Waals surface area (Å²) in [6, 6.07) is 10.1. The van der Waals surface area contributed by atoms with E-state index < -0.39 is 0 Å². The summed E-state index contributed by atoms with van der Waals surface area (Å²) in [5.74, 6) is 0.863. The lowest BCUT2D eigenvalue weighted by Gasteiger charge is -2.09. The molecule has 0 radical (unpaired) electrons. The molecule has 1 heterocycles. The summed E-state index contributed by atoms with van der Waals surface area (Å²) in [5, 5.41) is 7.60. The van der Waals surface area contributed by atoms with Gasteiger partial charge in [0.05, 0.1) is 6.61 Å². The van der Waals surface area contributed by atoms with Gasteiger partial charge in [-0.15, -0.1) is 0 Å². The molecule has 1 aromatic carbocycles. The maximum Gasteiger partial charge on any atom is 0.121 e. The average Bonchev–Trinajstić information content (AvgIpc) is 2.90. The van der Waals surface area contributed by atoms with Crippen molar-refractivity contribution in [2.24, 2.45) is 0 Å². The van der Waals surface area contributed by atoms with Crippen LogP contribution in [0.2, 0.25) is 0 Å². The third-order valence-electron chi connectivity index (χ3n) is 2.47. The lowest BCUT2D eigenvalue weighted by atomic mass is 10.3. The summed E-state index contributed by atoms with van der Waals surface area (Å²) < 4.78 is 10.5. The summed E-state index contributed by atoms with van der Waals surface area (Å²) >= 11 is 1.71. The number of hydrogen-bond acceptors (Lipinski definition) is 4. The van der Waals surface area contributed by atoms with Gasteiger partial charge in [0, 0.05) is 25.4 Å². The van der Waals surface area contributed by atoms with Crippen LogP contribution in [-0.2, 0) is 11.3 Å². The number of benzene rings is 1. The second-order valence-electron chi connectivity index (χ2n) is 3.85. The van der Waals surface area contributed by atoms with E-state index in [9.17, 15) is 0 Å². The molecule has 0 aliphatic carbocycles. The summed E-state index contributed by atoms with van der Waals surface area (Å²) in [6.07, 6.45) is 0. The molecular weight excluding hydrogens is 246 g/mol. The lowest BCUT2D eigenvalue weighted by molar-refractivity contribution is 0.146. The van der Waals surface area contributed by atoms with Crippen LogP contribution in [-0.4, -0.2) is 20.3 Å². The van der Waals surface area contributed by atoms with Crippen LogP contribution in [0.4, 0.5) is 5.69 Å². The molecule has 4 heteroatoms. The Morgan fingerprint density at radius 3 is 2.94 bits per heavy atom. The van der Waals surface area contributed by atoms with E-state index in [-0.39, 0.29) is 0 Å². The Hall–Kier alpha value is -1.52. The fourth-order valence-electron chi connectivity index (χ4n) is 1.54. The van der Waals surface area contributed by atoms with Gasteiger partial charge in [0.15, 0.2) is 0 Å². The van der Waals surface area contributed by atoms with Gasteiger partial charge in [0.25, 0.3) is 0 Å². The topological polar surface area (TPSA) is 30.5 Å². The first-order valence-electron chi connectivity index (χ1n) is 5.85. The molecule has 0 spiro atoms. The molecule has 0 atom stereocenters. The molecule has 0 aliphatic rings. The second kappa shape index (κ2) is 7.03. The van der Waals surface area contributed by atoms with E-state index in [1.807, 2.05) is 24.3 Å². The van der Waals surface area contributed by atoms with E-state index in [1.165, 1.54) is 5.56 Å². The Morgan fingerprint density at radius 1 is 1.22 bits per heavy atom. The monoisotopic (exact) mass is 263 g/mol. The van der Waals surface area contributed by atoms with Crippen molar-refractivity contribution in [3.63, 3.8) is 0 Å². The molecule has 0 aliphatic heterocycles. The molecule has 0 bridgehead atoms. The molecule has 96 valence electrons. The maximum atomic E-state index is 5.56. The molecule has 0 fully saturated rings. The van der Waals surface area contributed by atoms with Gasteiger partial charge in [-0.05, 0) is 34.5 Å². The first-order valence-corrected chi connectivity index (χ1v) is 6.79. The van der Waals surface area contributed by atoms with E-state index in [4.69, 9.17) is 9.47 Å². The quantitative estimate of drug-likeness (QED) is 0.777. The second-order valence-corrected chi connectivity index (χ2v) is 4.63. The Kier molecular flexibility index (Phi) is 5.05. The molecule has 18 heavy (non-hydrogen) atoms. The zero-order valence-electron chi connectivity index (χ0n) is 10.4. The number of thiophene rings is 1. The van der Waals surface area contributed by atoms with Crippen LogP contribution in [0, 0.1) is 0 Å². The van der Waals surface area contributed by atoms with Crippen molar-refractivity contribution in [1.82, 2.24) is 0 Å². The van der Waals surface area contributed by atoms with Crippen molar-refractivity contribution in [3.05, 3.63) is 46.7 Å². The van der Waals surface area contributed by atoms with Crippen molar-refractivity contribution >= 4 is 17.0 Å². The van der Waals surface area contributed by atoms with Crippen LogP contribution in [0.3, 0.4) is 0 Å². The highest BCUT2D eigenvalue weighted by Gasteiger charge is 1.97. The molecule has 1 N–H and O–H groups in total. The van der Waals surface area contributed by atoms with Gasteiger partial charge in [-0.1, -0.05) is 6.07 Å². The van der Waals surface area contributed by atoms with E-state index in [2.05, 4.69) is 22.1 Å². The third kappa shape index (κ3) is 4.05. The zero-order valence-corrected chi connectivity index (χ0v) is 11.2. The standard InChI is InChI=1S/C14H17NO2S/c1-16-6-7-17-14-4-2-3-13(9-14)15-10-12-5-8-18-11-12/h2-5,8-9,11,15H,6-7,10H2,1H3. The maximum absolute atomic E-state index is 5.56. The molecule has 0 saturated carbocycles. The predicted molar refractivity (Wildman–Crippen MR) is 75.5 cm³/mol. The van der Waals surface area contributed by atoms with E-state index in [0.29, 0.717) is 13.2 Å². The van der Waals surface area contributed by atoms with Crippen molar-refractivity contribution < 1.29 is 9.47 Å². The Bertz CT molecular complexity index is 457. The van der Waals surface area contributed by atoms with Gasteiger partial charge < -0.3 is 14.8 Å². The van der Waals surface area contributed by atoms with Crippen LogP contribution in [0.1, 0.15) is 5.56 Å². The highest BCUT2D eigenvalue weighted by atomic mass is 32.1. The molecular formula is C14H17NO2S. The minimum absolute atomic E-state index is 0.574. The predicted octanol–water partition coefficient (Wildman–Crippen LogP) is 3.39.